The van der Waals surface area contributed by atoms with Crippen LogP contribution in [0, 0.1) is 23.2 Å². The van der Waals surface area contributed by atoms with E-state index in [1.165, 1.54) is 14.2 Å². The number of hydrogen-bond donors (Lipinski definition) is 10. The van der Waals surface area contributed by atoms with Crippen LogP contribution in [0.2, 0.25) is 0 Å². The fourth-order valence-corrected chi connectivity index (χ4v) is 7.74. The zero-order chi connectivity index (χ0) is 39.3. The quantitative estimate of drug-likeness (QED) is 0.0791. The SMILES string of the molecule is COc1ccc(/C(C#N)=C/c2ccc(CC3C(CO)OC(CC4OC(CO)C(O)C(O)C4CC4OC(CO)C(O)C(O)C4O)C(O)C3O)cc2)cc1OC. The molecule has 15 unspecified atom stereocenters. The Morgan fingerprint density at radius 3 is 1.72 bits per heavy atom. The molecular formula is C38H51NO15. The minimum absolute atomic E-state index is 0.188. The van der Waals surface area contributed by atoms with Crippen molar-refractivity contribution in [3.63, 3.8) is 0 Å². The molecule has 0 bridgehead atoms. The maximum Gasteiger partial charge on any atom is 0.161 e. The summed E-state index contributed by atoms with van der Waals surface area (Å²) < 4.78 is 28.4. The number of benzene rings is 2. The average Bonchev–Trinajstić information content (AvgIpc) is 3.19. The van der Waals surface area contributed by atoms with Crippen molar-refractivity contribution < 1.29 is 74.7 Å². The highest BCUT2D eigenvalue weighted by atomic mass is 16.6. The lowest BCUT2D eigenvalue weighted by molar-refractivity contribution is -0.261. The van der Waals surface area contributed by atoms with E-state index in [-0.39, 0.29) is 19.3 Å². The van der Waals surface area contributed by atoms with Gasteiger partial charge in [0, 0.05) is 18.3 Å². The van der Waals surface area contributed by atoms with Crippen molar-refractivity contribution in [2.75, 3.05) is 34.0 Å². The Balaban J connectivity index is 1.29. The number of nitriles is 1. The molecular weight excluding hydrogens is 710 g/mol. The minimum Gasteiger partial charge on any atom is -0.493 e. The van der Waals surface area contributed by atoms with Gasteiger partial charge in [0.15, 0.2) is 11.5 Å². The minimum atomic E-state index is -1.68. The zero-order valence-corrected chi connectivity index (χ0v) is 30.0. The molecule has 2 aromatic carbocycles. The Morgan fingerprint density at radius 1 is 0.611 bits per heavy atom. The lowest BCUT2D eigenvalue weighted by Gasteiger charge is -2.49. The van der Waals surface area contributed by atoms with E-state index in [4.69, 9.17) is 23.7 Å². The van der Waals surface area contributed by atoms with Crippen molar-refractivity contribution in [2.45, 2.75) is 98.6 Å². The van der Waals surface area contributed by atoms with Gasteiger partial charge in [-0.05, 0) is 53.8 Å². The summed E-state index contributed by atoms with van der Waals surface area (Å²) in [6.45, 7) is -1.84. The highest BCUT2D eigenvalue weighted by molar-refractivity contribution is 5.90. The van der Waals surface area contributed by atoms with Crippen molar-refractivity contribution in [1.82, 2.24) is 0 Å². The monoisotopic (exact) mass is 761 g/mol. The highest BCUT2D eigenvalue weighted by Gasteiger charge is 2.52. The molecule has 3 fully saturated rings. The van der Waals surface area contributed by atoms with Crippen LogP contribution in [0.3, 0.4) is 0 Å². The second-order valence-corrected chi connectivity index (χ2v) is 14.1. The summed E-state index contributed by atoms with van der Waals surface area (Å²) in [4.78, 5) is 0. The van der Waals surface area contributed by atoms with Gasteiger partial charge in [0.1, 0.15) is 42.7 Å². The number of hydrogen-bond acceptors (Lipinski definition) is 16. The summed E-state index contributed by atoms with van der Waals surface area (Å²) in [7, 11) is 3.03. The number of nitrogens with zero attached hydrogens (tertiary/aromatic N) is 1. The lowest BCUT2D eigenvalue weighted by atomic mass is 9.76. The third kappa shape index (κ3) is 8.90. The van der Waals surface area contributed by atoms with E-state index in [0.717, 1.165) is 11.1 Å². The molecule has 10 N–H and O–H groups in total. The van der Waals surface area contributed by atoms with Crippen LogP contribution in [0.5, 0.6) is 11.5 Å². The fraction of sp³-hybridized carbons (Fsp3) is 0.605. The molecule has 2 aromatic rings. The van der Waals surface area contributed by atoms with Gasteiger partial charge in [-0.1, -0.05) is 24.3 Å². The van der Waals surface area contributed by atoms with E-state index >= 15 is 0 Å². The molecule has 16 heteroatoms. The van der Waals surface area contributed by atoms with E-state index in [1.807, 2.05) is 0 Å². The summed E-state index contributed by atoms with van der Waals surface area (Å²) >= 11 is 0. The van der Waals surface area contributed by atoms with Gasteiger partial charge in [-0.2, -0.15) is 5.26 Å². The molecule has 16 nitrogen and oxygen atoms in total. The Kier molecular flexibility index (Phi) is 14.4. The Bertz CT molecular complexity index is 1580. The molecule has 3 aliphatic heterocycles. The number of rotatable bonds is 13. The second kappa shape index (κ2) is 18.6. The van der Waals surface area contributed by atoms with Gasteiger partial charge < -0.3 is 74.7 Å². The first kappa shape index (κ1) is 41.9. The van der Waals surface area contributed by atoms with Gasteiger partial charge in [-0.3, -0.25) is 0 Å². The number of ether oxygens (including phenoxy) is 5. The van der Waals surface area contributed by atoms with Gasteiger partial charge in [-0.15, -0.1) is 0 Å². The van der Waals surface area contributed by atoms with Gasteiger partial charge in [-0.25, -0.2) is 0 Å². The summed E-state index contributed by atoms with van der Waals surface area (Å²) in [5, 5.41) is 115. The molecule has 5 rings (SSSR count). The third-order valence-electron chi connectivity index (χ3n) is 10.9. The van der Waals surface area contributed by atoms with Crippen LogP contribution in [-0.4, -0.2) is 164 Å². The van der Waals surface area contributed by atoms with Gasteiger partial charge in [0.2, 0.25) is 0 Å². The number of aliphatic hydroxyl groups excluding tert-OH is 10. The molecule has 0 spiro atoms. The van der Waals surface area contributed by atoms with Crippen LogP contribution < -0.4 is 9.47 Å². The standard InChI is InChI=1S/C38H51NO15/c1-50-24-8-7-20(11-26(24)51-2)21(14-39)9-18-3-5-19(6-4-18)10-22-29(15-40)53-28(34(45)32(22)43)13-25-23(33(44)36(47)30(16-41)52-25)12-27-35(46)38(49)37(48)31(17-42)54-27/h3-9,11,22-23,25,27-38,40-49H,10,12-13,15-17H2,1-2H3/b21-9+. The lowest BCUT2D eigenvalue weighted by Crippen LogP contribution is -2.62. The van der Waals surface area contributed by atoms with Gasteiger partial charge >= 0.3 is 0 Å². The van der Waals surface area contributed by atoms with Gasteiger partial charge in [0.25, 0.3) is 0 Å². The Morgan fingerprint density at radius 2 is 1.13 bits per heavy atom. The summed E-state index contributed by atoms with van der Waals surface area (Å²) in [5.41, 5.74) is 2.50. The number of methoxy groups -OCH3 is 2. The largest absolute Gasteiger partial charge is 0.493 e. The van der Waals surface area contributed by atoms with Crippen molar-refractivity contribution in [3.05, 3.63) is 59.2 Å². The summed E-state index contributed by atoms with van der Waals surface area (Å²) in [6.07, 6.45) is -16.2. The predicted octanol–water partition coefficient (Wildman–Crippen LogP) is -1.87. The first-order valence-electron chi connectivity index (χ1n) is 17.9. The Labute approximate surface area is 312 Å². The van der Waals surface area contributed by atoms with E-state index in [9.17, 15) is 56.3 Å². The predicted molar refractivity (Wildman–Crippen MR) is 189 cm³/mol. The van der Waals surface area contributed by atoms with E-state index in [2.05, 4.69) is 6.07 Å². The molecule has 0 aliphatic carbocycles. The first-order chi connectivity index (χ1) is 25.9. The molecule has 3 aliphatic rings. The molecule has 3 heterocycles. The molecule has 0 radical (unpaired) electrons. The van der Waals surface area contributed by atoms with Gasteiger partial charge in [0.05, 0.1) is 82.3 Å². The van der Waals surface area contributed by atoms with Crippen LogP contribution in [0.4, 0.5) is 0 Å². The van der Waals surface area contributed by atoms with Crippen LogP contribution in [0.1, 0.15) is 29.5 Å². The molecule has 0 aromatic heterocycles. The van der Waals surface area contributed by atoms with E-state index < -0.39 is 111 Å². The molecule has 15 atom stereocenters. The summed E-state index contributed by atoms with van der Waals surface area (Å²) in [5.74, 6) is -0.781. The molecule has 0 amide bonds. The van der Waals surface area contributed by atoms with Crippen LogP contribution in [0.25, 0.3) is 11.6 Å². The van der Waals surface area contributed by atoms with Crippen molar-refractivity contribution in [2.24, 2.45) is 11.8 Å². The molecule has 54 heavy (non-hydrogen) atoms. The number of allylic oxidation sites excluding steroid dienone is 1. The third-order valence-corrected chi connectivity index (χ3v) is 10.9. The maximum atomic E-state index is 11.4. The maximum absolute atomic E-state index is 11.4. The number of aliphatic hydroxyl groups is 10. The average molecular weight is 762 g/mol. The van der Waals surface area contributed by atoms with Crippen LogP contribution >= 0.6 is 0 Å². The zero-order valence-electron chi connectivity index (χ0n) is 30.0. The normalized spacial score (nSPS) is 37.4. The topological polar surface area (TPSA) is 272 Å². The second-order valence-electron chi connectivity index (χ2n) is 14.1. The highest BCUT2D eigenvalue weighted by Crippen LogP contribution is 2.39. The van der Waals surface area contributed by atoms with Crippen molar-refractivity contribution >= 4 is 11.6 Å². The van der Waals surface area contributed by atoms with Crippen molar-refractivity contribution in [3.8, 4) is 17.6 Å². The first-order valence-corrected chi connectivity index (χ1v) is 17.9. The Hall–Kier alpha value is -3.25. The molecule has 298 valence electrons. The fourth-order valence-electron chi connectivity index (χ4n) is 7.74. The molecule has 0 saturated carbocycles. The summed E-state index contributed by atoms with van der Waals surface area (Å²) in [6, 6.07) is 14.6. The van der Waals surface area contributed by atoms with Crippen LogP contribution in [-0.2, 0) is 20.6 Å². The van der Waals surface area contributed by atoms with E-state index in [1.54, 1.807) is 48.5 Å². The van der Waals surface area contributed by atoms with Crippen LogP contribution in [0.15, 0.2) is 42.5 Å². The smallest absolute Gasteiger partial charge is 0.161 e. The van der Waals surface area contributed by atoms with Crippen molar-refractivity contribution in [1.29, 1.82) is 5.26 Å². The molecule has 3 saturated heterocycles. The van der Waals surface area contributed by atoms with E-state index in [0.29, 0.717) is 22.6 Å².